The standard InChI is InChI=1S/C23H24Cl2N4O2S/c1-14(2)29(23(31)27-17-9-10-18(24)19(25)11-17)12-21-28-20(13-32-21)22(30)26-15(3)16-7-5-4-6-8-16/h4-11,13-15H,12H2,1-3H3,(H,26,30)(H,27,31). The van der Waals surface area contributed by atoms with Crippen LogP contribution in [-0.4, -0.2) is 27.9 Å². The number of thiazole rings is 1. The number of aromatic nitrogens is 1. The molecule has 1 heterocycles. The summed E-state index contributed by atoms with van der Waals surface area (Å²) in [6.07, 6.45) is 0. The van der Waals surface area contributed by atoms with Crippen LogP contribution in [0.25, 0.3) is 0 Å². The van der Waals surface area contributed by atoms with Gasteiger partial charge in [-0.2, -0.15) is 0 Å². The first kappa shape index (κ1) is 24.0. The van der Waals surface area contributed by atoms with Crippen LogP contribution in [0.3, 0.4) is 0 Å². The number of hydrogen-bond donors (Lipinski definition) is 2. The molecule has 6 nitrogen and oxygen atoms in total. The van der Waals surface area contributed by atoms with Gasteiger partial charge in [0.05, 0.1) is 22.6 Å². The van der Waals surface area contributed by atoms with Crippen molar-refractivity contribution in [3.05, 3.63) is 80.2 Å². The second kappa shape index (κ2) is 10.8. The van der Waals surface area contributed by atoms with Crippen LogP contribution < -0.4 is 10.6 Å². The summed E-state index contributed by atoms with van der Waals surface area (Å²) in [7, 11) is 0. The number of urea groups is 1. The molecule has 0 fully saturated rings. The summed E-state index contributed by atoms with van der Waals surface area (Å²) in [6.45, 7) is 6.03. The average molecular weight is 491 g/mol. The number of carbonyl (C=O) groups is 2. The lowest BCUT2D eigenvalue weighted by molar-refractivity contribution is 0.0935. The molecular formula is C23H24Cl2N4O2S. The molecule has 1 unspecified atom stereocenters. The Labute approximate surface area is 201 Å². The number of halogens is 2. The van der Waals surface area contributed by atoms with Crippen molar-refractivity contribution in [1.29, 1.82) is 0 Å². The van der Waals surface area contributed by atoms with Crippen LogP contribution in [0.1, 0.15) is 47.9 Å². The Kier molecular flexibility index (Phi) is 8.12. The number of benzene rings is 2. The topological polar surface area (TPSA) is 74.3 Å². The Hall–Kier alpha value is -2.61. The van der Waals surface area contributed by atoms with E-state index in [9.17, 15) is 9.59 Å². The highest BCUT2D eigenvalue weighted by Gasteiger charge is 2.21. The lowest BCUT2D eigenvalue weighted by atomic mass is 10.1. The summed E-state index contributed by atoms with van der Waals surface area (Å²) in [5.41, 5.74) is 1.90. The Bertz CT molecular complexity index is 1090. The molecule has 168 valence electrons. The van der Waals surface area contributed by atoms with Crippen molar-refractivity contribution >= 4 is 52.2 Å². The number of nitrogens with zero attached hydrogens (tertiary/aromatic N) is 2. The summed E-state index contributed by atoms with van der Waals surface area (Å²) in [4.78, 5) is 31.5. The predicted octanol–water partition coefficient (Wildman–Crippen LogP) is 6.38. The molecule has 2 aromatic carbocycles. The monoisotopic (exact) mass is 490 g/mol. The summed E-state index contributed by atoms with van der Waals surface area (Å²) < 4.78 is 0. The van der Waals surface area contributed by atoms with E-state index in [1.54, 1.807) is 28.5 Å². The van der Waals surface area contributed by atoms with Crippen molar-refractivity contribution in [2.24, 2.45) is 0 Å². The first-order chi connectivity index (χ1) is 15.2. The molecule has 2 N–H and O–H groups in total. The first-order valence-corrected chi connectivity index (χ1v) is 11.7. The van der Waals surface area contributed by atoms with E-state index in [1.807, 2.05) is 51.1 Å². The average Bonchev–Trinajstić information content (AvgIpc) is 3.24. The van der Waals surface area contributed by atoms with Crippen LogP contribution in [0.5, 0.6) is 0 Å². The van der Waals surface area contributed by atoms with Gasteiger partial charge in [-0.1, -0.05) is 53.5 Å². The van der Waals surface area contributed by atoms with E-state index in [0.717, 1.165) is 5.56 Å². The second-order valence-corrected chi connectivity index (χ2v) is 9.27. The normalized spacial score (nSPS) is 11.8. The summed E-state index contributed by atoms with van der Waals surface area (Å²) in [6, 6.07) is 14.1. The lowest BCUT2D eigenvalue weighted by Crippen LogP contribution is -2.39. The zero-order valence-corrected chi connectivity index (χ0v) is 20.3. The zero-order chi connectivity index (χ0) is 23.3. The molecule has 0 aliphatic heterocycles. The van der Waals surface area contributed by atoms with E-state index in [1.165, 1.54) is 11.3 Å². The minimum absolute atomic E-state index is 0.0861. The van der Waals surface area contributed by atoms with Crippen molar-refractivity contribution < 1.29 is 9.59 Å². The van der Waals surface area contributed by atoms with Crippen LogP contribution in [0.4, 0.5) is 10.5 Å². The molecule has 1 aromatic heterocycles. The van der Waals surface area contributed by atoms with Gasteiger partial charge in [0.2, 0.25) is 0 Å². The van der Waals surface area contributed by atoms with Gasteiger partial charge in [-0.05, 0) is 44.5 Å². The highest BCUT2D eigenvalue weighted by atomic mass is 35.5. The van der Waals surface area contributed by atoms with Gasteiger partial charge >= 0.3 is 6.03 Å². The largest absolute Gasteiger partial charge is 0.344 e. The summed E-state index contributed by atoms with van der Waals surface area (Å²) >= 11 is 13.3. The maximum absolute atomic E-state index is 12.8. The SMILES string of the molecule is CC(NC(=O)c1csc(CN(C(=O)Nc2ccc(Cl)c(Cl)c2)C(C)C)n1)c1ccccc1. The number of carbonyl (C=O) groups excluding carboxylic acids is 2. The lowest BCUT2D eigenvalue weighted by Gasteiger charge is -2.26. The van der Waals surface area contributed by atoms with Gasteiger partial charge < -0.3 is 15.5 Å². The molecule has 0 aliphatic carbocycles. The van der Waals surface area contributed by atoms with Crippen molar-refractivity contribution in [2.75, 3.05) is 5.32 Å². The smallest absolute Gasteiger partial charge is 0.322 e. The zero-order valence-electron chi connectivity index (χ0n) is 17.9. The van der Waals surface area contributed by atoms with Gasteiger partial charge in [-0.15, -0.1) is 11.3 Å². The Morgan fingerprint density at radius 2 is 1.78 bits per heavy atom. The Morgan fingerprint density at radius 1 is 1.06 bits per heavy atom. The van der Waals surface area contributed by atoms with Gasteiger partial charge in [0.1, 0.15) is 10.7 Å². The minimum atomic E-state index is -0.294. The molecule has 0 saturated carbocycles. The molecule has 9 heteroatoms. The molecule has 0 radical (unpaired) electrons. The van der Waals surface area contributed by atoms with Crippen molar-refractivity contribution in [3.8, 4) is 0 Å². The van der Waals surface area contributed by atoms with E-state index in [-0.39, 0.29) is 30.6 Å². The molecule has 1 atom stereocenters. The van der Waals surface area contributed by atoms with Crippen molar-refractivity contribution in [1.82, 2.24) is 15.2 Å². The van der Waals surface area contributed by atoms with Crippen LogP contribution in [-0.2, 0) is 6.54 Å². The van der Waals surface area contributed by atoms with Crippen LogP contribution in [0, 0.1) is 0 Å². The highest BCUT2D eigenvalue weighted by molar-refractivity contribution is 7.09. The molecule has 0 aliphatic rings. The fourth-order valence-corrected chi connectivity index (χ4v) is 4.06. The number of nitrogens with one attached hydrogen (secondary N) is 2. The van der Waals surface area contributed by atoms with Crippen LogP contribution in [0.15, 0.2) is 53.9 Å². The molecule has 3 aromatic rings. The van der Waals surface area contributed by atoms with E-state index in [4.69, 9.17) is 23.2 Å². The maximum Gasteiger partial charge on any atom is 0.322 e. The number of hydrogen-bond acceptors (Lipinski definition) is 4. The van der Waals surface area contributed by atoms with Gasteiger partial charge in [-0.3, -0.25) is 4.79 Å². The molecule has 0 saturated heterocycles. The third-order valence-corrected chi connectivity index (χ3v) is 6.36. The first-order valence-electron chi connectivity index (χ1n) is 10.1. The third kappa shape index (κ3) is 6.22. The maximum atomic E-state index is 12.8. The number of anilines is 1. The highest BCUT2D eigenvalue weighted by Crippen LogP contribution is 2.25. The molecule has 32 heavy (non-hydrogen) atoms. The van der Waals surface area contributed by atoms with E-state index >= 15 is 0 Å². The summed E-state index contributed by atoms with van der Waals surface area (Å²) in [5.74, 6) is -0.250. The van der Waals surface area contributed by atoms with E-state index in [0.29, 0.717) is 26.4 Å². The predicted molar refractivity (Wildman–Crippen MR) is 131 cm³/mol. The van der Waals surface area contributed by atoms with E-state index < -0.39 is 0 Å². The number of amides is 3. The third-order valence-electron chi connectivity index (χ3n) is 4.79. The number of rotatable bonds is 7. The van der Waals surface area contributed by atoms with Crippen LogP contribution >= 0.6 is 34.5 Å². The quantitative estimate of drug-likeness (QED) is 0.403. The molecule has 3 amide bonds. The second-order valence-electron chi connectivity index (χ2n) is 7.51. The van der Waals surface area contributed by atoms with E-state index in [2.05, 4.69) is 15.6 Å². The van der Waals surface area contributed by atoms with Gasteiger partial charge in [0.15, 0.2) is 0 Å². The Balaban J connectivity index is 1.65. The fraction of sp³-hybridized carbons (Fsp3) is 0.261. The fourth-order valence-electron chi connectivity index (χ4n) is 2.99. The molecule has 0 bridgehead atoms. The van der Waals surface area contributed by atoms with Gasteiger partial charge in [0.25, 0.3) is 5.91 Å². The van der Waals surface area contributed by atoms with Crippen molar-refractivity contribution in [3.63, 3.8) is 0 Å². The van der Waals surface area contributed by atoms with Gasteiger partial charge in [-0.25, -0.2) is 9.78 Å². The minimum Gasteiger partial charge on any atom is -0.344 e. The van der Waals surface area contributed by atoms with Gasteiger partial charge in [0, 0.05) is 17.1 Å². The van der Waals surface area contributed by atoms with Crippen LogP contribution in [0.2, 0.25) is 10.0 Å². The molecule has 0 spiro atoms. The molecule has 3 rings (SSSR count). The summed E-state index contributed by atoms with van der Waals surface area (Å²) in [5, 5.41) is 8.94. The Morgan fingerprint density at radius 3 is 2.44 bits per heavy atom. The molecular weight excluding hydrogens is 467 g/mol. The van der Waals surface area contributed by atoms with Crippen molar-refractivity contribution in [2.45, 2.75) is 39.4 Å².